The third kappa shape index (κ3) is 3.43. The lowest BCUT2D eigenvalue weighted by molar-refractivity contribution is -0.907. The van der Waals surface area contributed by atoms with Gasteiger partial charge in [0.1, 0.15) is 13.1 Å². The summed E-state index contributed by atoms with van der Waals surface area (Å²) in [6.07, 6.45) is 1.40. The Balaban J connectivity index is 1.62. The molecular weight excluding hydrogens is 368 g/mol. The van der Waals surface area contributed by atoms with Gasteiger partial charge in [-0.2, -0.15) is 0 Å². The van der Waals surface area contributed by atoms with Crippen LogP contribution in [0.3, 0.4) is 0 Å². The van der Waals surface area contributed by atoms with Crippen LogP contribution in [0.25, 0.3) is 0 Å². The zero-order valence-electron chi connectivity index (χ0n) is 14.7. The summed E-state index contributed by atoms with van der Waals surface area (Å²) >= 11 is 1.46. The molecule has 2 aliphatic heterocycles. The van der Waals surface area contributed by atoms with Crippen LogP contribution in [0, 0.1) is 0 Å². The maximum atomic E-state index is 12.9. The van der Waals surface area contributed by atoms with Crippen molar-refractivity contribution in [1.82, 2.24) is 4.90 Å². The number of nitrogens with zero attached hydrogens (tertiary/aromatic N) is 1. The van der Waals surface area contributed by atoms with Crippen molar-refractivity contribution in [2.75, 3.05) is 39.4 Å². The first-order valence-corrected chi connectivity index (χ1v) is 9.82. The molecule has 0 unspecified atom stereocenters. The number of aliphatic hydroxyl groups is 1. The summed E-state index contributed by atoms with van der Waals surface area (Å²) in [7, 11) is 0. The van der Waals surface area contributed by atoms with Crippen LogP contribution in [0.15, 0.2) is 51.7 Å². The fourth-order valence-corrected chi connectivity index (χ4v) is 4.43. The molecule has 1 atom stereocenters. The Hall–Kier alpha value is -2.42. The monoisotopic (exact) mass is 389 g/mol. The molecule has 0 saturated carbocycles. The Labute approximate surface area is 160 Å². The molecule has 1 saturated heterocycles. The van der Waals surface area contributed by atoms with Crippen molar-refractivity contribution in [3.05, 3.63) is 57.9 Å². The Morgan fingerprint density at radius 3 is 2.78 bits per heavy atom. The van der Waals surface area contributed by atoms with E-state index in [4.69, 9.17) is 9.15 Å². The Morgan fingerprint density at radius 2 is 2.11 bits per heavy atom. The van der Waals surface area contributed by atoms with Gasteiger partial charge in [0, 0.05) is 4.88 Å². The Morgan fingerprint density at radius 1 is 1.30 bits per heavy atom. The molecule has 0 aromatic carbocycles. The van der Waals surface area contributed by atoms with Gasteiger partial charge in [-0.25, -0.2) is 0 Å². The average Bonchev–Trinajstić information content (AvgIpc) is 3.43. The fraction of sp³-hybridized carbons (Fsp3) is 0.368. The van der Waals surface area contributed by atoms with Crippen molar-refractivity contribution in [2.45, 2.75) is 6.04 Å². The molecule has 4 rings (SSSR count). The van der Waals surface area contributed by atoms with Crippen LogP contribution in [0.5, 0.6) is 0 Å². The number of Topliss-reactive ketones (excluding diaryl/α,β-unsaturated/α-hetero) is 1. The number of carbonyl (C=O) groups is 2. The van der Waals surface area contributed by atoms with E-state index in [1.807, 2.05) is 17.5 Å². The summed E-state index contributed by atoms with van der Waals surface area (Å²) in [6, 6.07) is 6.32. The van der Waals surface area contributed by atoms with E-state index in [9.17, 15) is 14.7 Å². The molecule has 2 aliphatic rings. The molecule has 27 heavy (non-hydrogen) atoms. The van der Waals surface area contributed by atoms with Crippen LogP contribution >= 0.6 is 11.3 Å². The number of furan rings is 1. The molecule has 4 heterocycles. The second kappa shape index (κ2) is 7.67. The van der Waals surface area contributed by atoms with E-state index in [0.29, 0.717) is 19.8 Å². The Kier molecular flexibility index (Phi) is 5.11. The number of nitrogens with one attached hydrogen (secondary N) is 1. The Bertz CT molecular complexity index is 838. The van der Waals surface area contributed by atoms with E-state index in [-0.39, 0.29) is 11.3 Å². The highest BCUT2D eigenvalue weighted by Crippen LogP contribution is 2.40. The molecule has 7 nitrogen and oxygen atoms in total. The average molecular weight is 389 g/mol. The third-order valence-corrected chi connectivity index (χ3v) is 5.94. The van der Waals surface area contributed by atoms with Crippen LogP contribution in [0.1, 0.15) is 21.5 Å². The fourth-order valence-electron chi connectivity index (χ4n) is 3.59. The number of ketones is 1. The summed E-state index contributed by atoms with van der Waals surface area (Å²) < 4.78 is 10.6. The van der Waals surface area contributed by atoms with Gasteiger partial charge < -0.3 is 24.1 Å². The van der Waals surface area contributed by atoms with Gasteiger partial charge in [-0.15, -0.1) is 11.3 Å². The molecule has 2 aromatic heterocycles. The highest BCUT2D eigenvalue weighted by Gasteiger charge is 2.45. The summed E-state index contributed by atoms with van der Waals surface area (Å²) in [5.41, 5.74) is 0.0920. The summed E-state index contributed by atoms with van der Waals surface area (Å²) in [6.45, 7) is 4.40. The molecule has 8 heteroatoms. The van der Waals surface area contributed by atoms with Crippen LogP contribution in [0.4, 0.5) is 0 Å². The van der Waals surface area contributed by atoms with Crippen molar-refractivity contribution in [3.63, 3.8) is 0 Å². The van der Waals surface area contributed by atoms with E-state index in [1.54, 1.807) is 17.0 Å². The van der Waals surface area contributed by atoms with Gasteiger partial charge in [0.2, 0.25) is 5.78 Å². The number of amides is 1. The van der Waals surface area contributed by atoms with Gasteiger partial charge >= 0.3 is 0 Å². The number of ether oxygens (including phenoxy) is 1. The van der Waals surface area contributed by atoms with Crippen LogP contribution in [-0.2, 0) is 9.53 Å². The van der Waals surface area contributed by atoms with E-state index in [0.717, 1.165) is 24.5 Å². The number of carbonyl (C=O) groups excluding carboxylic acids is 2. The zero-order chi connectivity index (χ0) is 18.8. The molecule has 1 amide bonds. The number of hydrogen-bond acceptors (Lipinski definition) is 6. The smallest absolute Gasteiger partial charge is 0.290 e. The molecule has 1 fully saturated rings. The first-order chi connectivity index (χ1) is 13.2. The quantitative estimate of drug-likeness (QED) is 0.715. The van der Waals surface area contributed by atoms with E-state index in [2.05, 4.69) is 0 Å². The van der Waals surface area contributed by atoms with Gasteiger partial charge in [-0.05, 0) is 23.6 Å². The number of rotatable bonds is 6. The largest absolute Gasteiger partial charge is 0.503 e. The second-order valence-corrected chi connectivity index (χ2v) is 7.58. The molecule has 0 spiro atoms. The third-order valence-electron chi connectivity index (χ3n) is 5.01. The minimum Gasteiger partial charge on any atom is -0.503 e. The molecule has 2 N–H and O–H groups in total. The molecular formula is C19H21N2O5S+. The maximum Gasteiger partial charge on any atom is 0.290 e. The van der Waals surface area contributed by atoms with Gasteiger partial charge in [-0.1, -0.05) is 6.07 Å². The van der Waals surface area contributed by atoms with Gasteiger partial charge in [0.05, 0.1) is 44.2 Å². The van der Waals surface area contributed by atoms with Crippen LogP contribution < -0.4 is 4.90 Å². The molecule has 2 aromatic rings. The SMILES string of the molecule is O=C(C1=C(O)C(=O)N(CC[NH+]2CCOCC2)[C@@H]1c1cccs1)c1ccco1. The van der Waals surface area contributed by atoms with E-state index in [1.165, 1.54) is 22.5 Å². The van der Waals surface area contributed by atoms with Crippen molar-refractivity contribution >= 4 is 23.0 Å². The lowest BCUT2D eigenvalue weighted by Crippen LogP contribution is -3.14. The minimum absolute atomic E-state index is 0.0920. The maximum absolute atomic E-state index is 12.9. The number of morpholine rings is 1. The standard InChI is InChI=1S/C19H20N2O5S/c22-17(13-3-1-9-26-13)15-16(14-4-2-12-27-14)21(19(24)18(15)23)6-5-20-7-10-25-11-8-20/h1-4,9,12,16,23H,5-8,10-11H2/p+1/t16-/m1/s1. The highest BCUT2D eigenvalue weighted by atomic mass is 32.1. The van der Waals surface area contributed by atoms with E-state index < -0.39 is 23.5 Å². The second-order valence-electron chi connectivity index (χ2n) is 6.60. The zero-order valence-corrected chi connectivity index (χ0v) is 15.5. The number of aliphatic hydroxyl groups excluding tert-OH is 1. The van der Waals surface area contributed by atoms with Crippen molar-refractivity contribution < 1.29 is 28.7 Å². The lowest BCUT2D eigenvalue weighted by atomic mass is 10.0. The molecule has 0 aliphatic carbocycles. The molecule has 0 bridgehead atoms. The highest BCUT2D eigenvalue weighted by molar-refractivity contribution is 7.10. The van der Waals surface area contributed by atoms with Gasteiger partial charge in [0.15, 0.2) is 11.5 Å². The number of quaternary nitrogens is 1. The normalized spacial score (nSPS) is 21.3. The van der Waals surface area contributed by atoms with Crippen molar-refractivity contribution in [2.24, 2.45) is 0 Å². The summed E-state index contributed by atoms with van der Waals surface area (Å²) in [5, 5.41) is 12.4. The lowest BCUT2D eigenvalue weighted by Gasteiger charge is -2.29. The number of hydrogen-bond donors (Lipinski definition) is 2. The van der Waals surface area contributed by atoms with E-state index >= 15 is 0 Å². The van der Waals surface area contributed by atoms with Gasteiger partial charge in [-0.3, -0.25) is 9.59 Å². The van der Waals surface area contributed by atoms with Gasteiger partial charge in [0.25, 0.3) is 5.91 Å². The first kappa shape index (κ1) is 18.0. The molecule has 0 radical (unpaired) electrons. The topological polar surface area (TPSA) is 84.4 Å². The minimum atomic E-state index is -0.587. The first-order valence-electron chi connectivity index (χ1n) is 8.94. The van der Waals surface area contributed by atoms with Crippen LogP contribution in [0.2, 0.25) is 0 Å². The summed E-state index contributed by atoms with van der Waals surface area (Å²) in [4.78, 5) is 29.5. The predicted octanol–water partition coefficient (Wildman–Crippen LogP) is 0.835. The van der Waals surface area contributed by atoms with Crippen LogP contribution in [-0.4, -0.2) is 61.1 Å². The summed E-state index contributed by atoms with van der Waals surface area (Å²) in [5.74, 6) is -1.32. The number of thiophene rings is 1. The predicted molar refractivity (Wildman–Crippen MR) is 97.8 cm³/mol. The van der Waals surface area contributed by atoms with Crippen molar-refractivity contribution in [1.29, 1.82) is 0 Å². The van der Waals surface area contributed by atoms with Crippen molar-refractivity contribution in [3.8, 4) is 0 Å². The molecule has 142 valence electrons.